The quantitative estimate of drug-likeness (QED) is 0.687. The second kappa shape index (κ2) is 5.05. The lowest BCUT2D eigenvalue weighted by Gasteiger charge is -2.29. The summed E-state index contributed by atoms with van der Waals surface area (Å²) in [6.07, 6.45) is -5.11. The molecule has 0 bridgehead atoms. The van der Waals surface area contributed by atoms with Crippen molar-refractivity contribution in [3.8, 4) is 5.75 Å². The first-order chi connectivity index (χ1) is 9.32. The standard InChI is InChI=1S/C13H13F4NO2/c1-20-8-2-3-9(10(14)6-8)11(19)12(13(15,16)17)4-5-18-7-12/h2-3,6,18H,4-5,7H2,1H3. The Morgan fingerprint density at radius 2 is 2.10 bits per heavy atom. The number of ketones is 1. The van der Waals surface area contributed by atoms with Crippen molar-refractivity contribution in [2.45, 2.75) is 12.6 Å². The zero-order valence-corrected chi connectivity index (χ0v) is 10.7. The molecule has 0 aliphatic carbocycles. The van der Waals surface area contributed by atoms with Crippen molar-refractivity contribution in [3.05, 3.63) is 29.6 Å². The van der Waals surface area contributed by atoms with Gasteiger partial charge in [0.15, 0.2) is 5.78 Å². The van der Waals surface area contributed by atoms with Gasteiger partial charge in [0.2, 0.25) is 0 Å². The van der Waals surface area contributed by atoms with E-state index in [9.17, 15) is 22.4 Å². The largest absolute Gasteiger partial charge is 0.497 e. The van der Waals surface area contributed by atoms with Gasteiger partial charge in [-0.1, -0.05) is 0 Å². The maximum absolute atomic E-state index is 13.8. The van der Waals surface area contributed by atoms with Crippen LogP contribution in [0, 0.1) is 11.2 Å². The number of carbonyl (C=O) groups excluding carboxylic acids is 1. The van der Waals surface area contributed by atoms with Gasteiger partial charge in [0.05, 0.1) is 12.7 Å². The summed E-state index contributed by atoms with van der Waals surface area (Å²) in [5, 5.41) is 2.52. The van der Waals surface area contributed by atoms with Crippen LogP contribution in [0.5, 0.6) is 5.75 Å². The smallest absolute Gasteiger partial charge is 0.402 e. The Labute approximate surface area is 112 Å². The number of methoxy groups -OCH3 is 1. The number of nitrogens with one attached hydrogen (secondary N) is 1. The second-order valence-corrected chi connectivity index (χ2v) is 4.68. The van der Waals surface area contributed by atoms with Crippen molar-refractivity contribution in [1.82, 2.24) is 5.32 Å². The summed E-state index contributed by atoms with van der Waals surface area (Å²) in [5.41, 5.74) is -3.12. The zero-order chi connectivity index (χ0) is 15.0. The first-order valence-corrected chi connectivity index (χ1v) is 5.97. The highest BCUT2D eigenvalue weighted by atomic mass is 19.4. The molecule has 7 heteroatoms. The highest BCUT2D eigenvalue weighted by molar-refractivity contribution is 6.01. The molecule has 1 N–H and O–H groups in total. The van der Waals surface area contributed by atoms with E-state index in [0.29, 0.717) is 0 Å². The number of rotatable bonds is 3. The van der Waals surface area contributed by atoms with Gasteiger partial charge >= 0.3 is 6.18 Å². The molecule has 110 valence electrons. The molecule has 1 aromatic rings. The van der Waals surface area contributed by atoms with E-state index in [4.69, 9.17) is 4.74 Å². The summed E-state index contributed by atoms with van der Waals surface area (Å²) in [4.78, 5) is 12.2. The predicted molar refractivity (Wildman–Crippen MR) is 63.3 cm³/mol. The van der Waals surface area contributed by atoms with Crippen molar-refractivity contribution >= 4 is 5.78 Å². The molecule has 1 aliphatic rings. The maximum Gasteiger partial charge on any atom is 0.402 e. The van der Waals surface area contributed by atoms with Crippen LogP contribution in [-0.2, 0) is 0 Å². The average molecular weight is 291 g/mol. The van der Waals surface area contributed by atoms with E-state index in [-0.39, 0.29) is 18.7 Å². The molecule has 1 fully saturated rings. The van der Waals surface area contributed by atoms with E-state index in [1.165, 1.54) is 13.2 Å². The number of ether oxygens (including phenoxy) is 1. The fourth-order valence-electron chi connectivity index (χ4n) is 2.32. The molecular weight excluding hydrogens is 278 g/mol. The Kier molecular flexibility index (Phi) is 3.73. The highest BCUT2D eigenvalue weighted by Gasteiger charge is 2.61. The van der Waals surface area contributed by atoms with Crippen molar-refractivity contribution in [1.29, 1.82) is 0 Å². The van der Waals surface area contributed by atoms with Gasteiger partial charge in [0.1, 0.15) is 17.0 Å². The van der Waals surface area contributed by atoms with Crippen molar-refractivity contribution in [3.63, 3.8) is 0 Å². The number of hydrogen-bond acceptors (Lipinski definition) is 3. The van der Waals surface area contributed by atoms with Gasteiger partial charge in [0, 0.05) is 12.6 Å². The fourth-order valence-corrected chi connectivity index (χ4v) is 2.32. The van der Waals surface area contributed by atoms with Gasteiger partial charge in [-0.05, 0) is 25.1 Å². The first kappa shape index (κ1) is 14.8. The fraction of sp³-hybridized carbons (Fsp3) is 0.462. The van der Waals surface area contributed by atoms with Crippen LogP contribution in [0.15, 0.2) is 18.2 Å². The molecular formula is C13H13F4NO2. The van der Waals surface area contributed by atoms with Crippen molar-refractivity contribution in [2.24, 2.45) is 5.41 Å². The van der Waals surface area contributed by atoms with E-state index in [2.05, 4.69) is 5.32 Å². The topological polar surface area (TPSA) is 38.3 Å². The molecule has 0 spiro atoms. The Morgan fingerprint density at radius 3 is 2.55 bits per heavy atom. The minimum atomic E-state index is -4.72. The Balaban J connectivity index is 2.44. The van der Waals surface area contributed by atoms with Crippen LogP contribution in [0.1, 0.15) is 16.8 Å². The van der Waals surface area contributed by atoms with E-state index >= 15 is 0 Å². The summed E-state index contributed by atoms with van der Waals surface area (Å²) in [7, 11) is 1.30. The molecule has 1 aliphatic heterocycles. The van der Waals surface area contributed by atoms with Crippen molar-refractivity contribution in [2.75, 3.05) is 20.2 Å². The van der Waals surface area contributed by atoms with E-state index in [1.807, 2.05) is 0 Å². The molecule has 3 nitrogen and oxygen atoms in total. The second-order valence-electron chi connectivity index (χ2n) is 4.68. The summed E-state index contributed by atoms with van der Waals surface area (Å²) < 4.78 is 58.2. The Morgan fingerprint density at radius 1 is 1.40 bits per heavy atom. The van der Waals surface area contributed by atoms with Crippen LogP contribution in [0.25, 0.3) is 0 Å². The number of halogens is 4. The van der Waals surface area contributed by atoms with E-state index < -0.39 is 35.3 Å². The molecule has 0 amide bonds. The number of alkyl halides is 3. The summed E-state index contributed by atoms with van der Waals surface area (Å²) >= 11 is 0. The number of Topliss-reactive ketones (excluding diaryl/α,β-unsaturated/α-hetero) is 1. The lowest BCUT2D eigenvalue weighted by atomic mass is 9.78. The Hall–Kier alpha value is -1.63. The van der Waals surface area contributed by atoms with Gasteiger partial charge < -0.3 is 10.1 Å². The third-order valence-electron chi connectivity index (χ3n) is 3.55. The third kappa shape index (κ3) is 2.26. The Bertz CT molecular complexity index is 522. The average Bonchev–Trinajstić information content (AvgIpc) is 2.88. The monoisotopic (exact) mass is 291 g/mol. The molecule has 1 saturated heterocycles. The number of benzene rings is 1. The molecule has 20 heavy (non-hydrogen) atoms. The SMILES string of the molecule is COc1ccc(C(=O)C2(C(F)(F)F)CCNC2)c(F)c1. The predicted octanol–water partition coefficient (Wildman–Crippen LogP) is 2.56. The van der Waals surface area contributed by atoms with Crippen LogP contribution in [-0.4, -0.2) is 32.2 Å². The van der Waals surface area contributed by atoms with Crippen LogP contribution in [0.4, 0.5) is 17.6 Å². The summed E-state index contributed by atoms with van der Waals surface area (Å²) in [5.74, 6) is -2.11. The normalized spacial score (nSPS) is 22.9. The van der Waals surface area contributed by atoms with Crippen LogP contribution in [0.3, 0.4) is 0 Å². The minimum absolute atomic E-state index is 0.0724. The lowest BCUT2D eigenvalue weighted by Crippen LogP contribution is -2.47. The van der Waals surface area contributed by atoms with Crippen molar-refractivity contribution < 1.29 is 27.1 Å². The summed E-state index contributed by atoms with van der Waals surface area (Å²) in [6.45, 7) is -0.455. The van der Waals surface area contributed by atoms with Gasteiger partial charge in [-0.2, -0.15) is 13.2 Å². The number of hydrogen-bond donors (Lipinski definition) is 1. The van der Waals surface area contributed by atoms with E-state index in [0.717, 1.165) is 12.1 Å². The van der Waals surface area contributed by atoms with Crippen LogP contribution >= 0.6 is 0 Å². The van der Waals surface area contributed by atoms with Gasteiger partial charge in [-0.25, -0.2) is 4.39 Å². The lowest BCUT2D eigenvalue weighted by molar-refractivity contribution is -0.197. The number of carbonyl (C=O) groups is 1. The zero-order valence-electron chi connectivity index (χ0n) is 10.7. The minimum Gasteiger partial charge on any atom is -0.497 e. The molecule has 2 rings (SSSR count). The van der Waals surface area contributed by atoms with Crippen LogP contribution < -0.4 is 10.1 Å². The van der Waals surface area contributed by atoms with Crippen LogP contribution in [0.2, 0.25) is 0 Å². The highest BCUT2D eigenvalue weighted by Crippen LogP contribution is 2.45. The molecule has 0 saturated carbocycles. The maximum atomic E-state index is 13.8. The molecule has 1 aromatic carbocycles. The summed E-state index contributed by atoms with van der Waals surface area (Å²) in [6, 6.07) is 3.20. The molecule has 1 unspecified atom stereocenters. The van der Waals surface area contributed by atoms with E-state index in [1.54, 1.807) is 0 Å². The van der Waals surface area contributed by atoms with Gasteiger partial charge in [-0.3, -0.25) is 4.79 Å². The third-order valence-corrected chi connectivity index (χ3v) is 3.55. The first-order valence-electron chi connectivity index (χ1n) is 5.97. The molecule has 1 heterocycles. The molecule has 0 aromatic heterocycles. The molecule has 0 radical (unpaired) electrons. The van der Waals surface area contributed by atoms with Gasteiger partial charge in [0.25, 0.3) is 0 Å². The van der Waals surface area contributed by atoms with Gasteiger partial charge in [-0.15, -0.1) is 0 Å². The molecule has 1 atom stereocenters.